The molecule has 8 heteroatoms. The van der Waals surface area contributed by atoms with Gasteiger partial charge in [0.15, 0.2) is 0 Å². The fourth-order valence-corrected chi connectivity index (χ4v) is 3.39. The Balaban J connectivity index is 1.71. The highest BCUT2D eigenvalue weighted by Crippen LogP contribution is 2.37. The van der Waals surface area contributed by atoms with E-state index >= 15 is 0 Å². The van der Waals surface area contributed by atoms with Crippen molar-refractivity contribution in [3.05, 3.63) is 17.5 Å². The number of carboxylic acids is 1. The fourth-order valence-electron chi connectivity index (χ4n) is 3.39. The van der Waals surface area contributed by atoms with Crippen LogP contribution < -0.4 is 5.32 Å². The van der Waals surface area contributed by atoms with E-state index in [0.29, 0.717) is 31.6 Å². The van der Waals surface area contributed by atoms with E-state index in [2.05, 4.69) is 15.5 Å². The minimum atomic E-state index is -0.957. The summed E-state index contributed by atoms with van der Waals surface area (Å²) in [5, 5.41) is 18.8. The molecule has 0 aromatic carbocycles. The molecule has 3 heterocycles. The number of aryl methyl sites for hydroxylation is 1. The van der Waals surface area contributed by atoms with Gasteiger partial charge >= 0.3 is 5.97 Å². The number of piperidine rings is 1. The van der Waals surface area contributed by atoms with Gasteiger partial charge in [-0.2, -0.15) is 5.10 Å². The topological polar surface area (TPSA) is 115 Å². The minimum absolute atomic E-state index is 0.0157. The second kappa shape index (κ2) is 5.11. The van der Waals surface area contributed by atoms with Crippen molar-refractivity contribution in [1.82, 2.24) is 20.4 Å². The number of carbonyl (C=O) groups is 3. The number of nitrogens with one attached hydrogen (secondary N) is 2. The Kier molecular flexibility index (Phi) is 3.38. The molecule has 1 aromatic rings. The van der Waals surface area contributed by atoms with Crippen LogP contribution in [0.25, 0.3) is 0 Å². The van der Waals surface area contributed by atoms with Gasteiger partial charge in [-0.05, 0) is 25.8 Å². The van der Waals surface area contributed by atoms with Crippen LogP contribution in [0.4, 0.5) is 0 Å². The van der Waals surface area contributed by atoms with Gasteiger partial charge in [0.25, 0.3) is 5.91 Å². The zero-order valence-electron chi connectivity index (χ0n) is 12.3. The zero-order chi connectivity index (χ0) is 15.9. The molecule has 2 aliphatic rings. The number of hydrogen-bond acceptors (Lipinski definition) is 4. The van der Waals surface area contributed by atoms with Gasteiger partial charge in [0.05, 0.1) is 11.5 Å². The quantitative estimate of drug-likeness (QED) is 0.706. The lowest BCUT2D eigenvalue weighted by Gasteiger charge is -2.41. The Labute approximate surface area is 126 Å². The lowest BCUT2D eigenvalue weighted by atomic mass is 9.77. The first-order valence-electron chi connectivity index (χ1n) is 7.26. The van der Waals surface area contributed by atoms with Crippen LogP contribution in [0.5, 0.6) is 0 Å². The summed E-state index contributed by atoms with van der Waals surface area (Å²) in [6.45, 7) is 2.64. The average Bonchev–Trinajstić information content (AvgIpc) is 3.03. The fraction of sp³-hybridized carbons (Fsp3) is 0.571. The van der Waals surface area contributed by atoms with Gasteiger partial charge < -0.3 is 15.3 Å². The molecular weight excluding hydrogens is 288 g/mol. The van der Waals surface area contributed by atoms with E-state index in [0.717, 1.165) is 5.69 Å². The van der Waals surface area contributed by atoms with Crippen molar-refractivity contribution in [1.29, 1.82) is 0 Å². The molecule has 0 radical (unpaired) electrons. The molecule has 0 aliphatic carbocycles. The number of aromatic amines is 1. The third-order valence-electron chi connectivity index (χ3n) is 4.61. The normalized spacial score (nSPS) is 23.6. The second-order valence-electron chi connectivity index (χ2n) is 6.03. The highest BCUT2D eigenvalue weighted by Gasteiger charge is 2.52. The highest BCUT2D eigenvalue weighted by molar-refractivity contribution is 5.93. The molecule has 3 rings (SSSR count). The van der Waals surface area contributed by atoms with Gasteiger partial charge in [-0.25, -0.2) is 0 Å². The number of rotatable bonds is 2. The monoisotopic (exact) mass is 306 g/mol. The second-order valence-corrected chi connectivity index (χ2v) is 6.03. The van der Waals surface area contributed by atoms with Crippen LogP contribution >= 0.6 is 0 Å². The number of nitrogens with zero attached hydrogens (tertiary/aromatic N) is 2. The van der Waals surface area contributed by atoms with E-state index in [9.17, 15) is 19.5 Å². The molecular formula is C14H18N4O4. The maximum Gasteiger partial charge on any atom is 0.309 e. The van der Waals surface area contributed by atoms with Gasteiger partial charge in [0.1, 0.15) is 5.69 Å². The Hall–Kier alpha value is -2.38. The Morgan fingerprint density at radius 3 is 2.64 bits per heavy atom. The number of carbonyl (C=O) groups excluding carboxylic acids is 2. The third kappa shape index (κ3) is 2.34. The summed E-state index contributed by atoms with van der Waals surface area (Å²) in [6.07, 6.45) is 0.914. The highest BCUT2D eigenvalue weighted by atomic mass is 16.4. The summed E-state index contributed by atoms with van der Waals surface area (Å²) < 4.78 is 0. The van der Waals surface area contributed by atoms with Crippen molar-refractivity contribution >= 4 is 17.8 Å². The first-order chi connectivity index (χ1) is 10.4. The third-order valence-corrected chi connectivity index (χ3v) is 4.61. The zero-order valence-corrected chi connectivity index (χ0v) is 12.3. The summed E-state index contributed by atoms with van der Waals surface area (Å²) in [5.41, 5.74) is 0.450. The first-order valence-corrected chi connectivity index (χ1v) is 7.26. The smallest absolute Gasteiger partial charge is 0.309 e. The number of H-pyrrole nitrogens is 1. The largest absolute Gasteiger partial charge is 0.481 e. The lowest BCUT2D eigenvalue weighted by molar-refractivity contribution is -0.144. The molecule has 1 spiro atoms. The number of amides is 2. The van der Waals surface area contributed by atoms with Gasteiger partial charge in [-0.1, -0.05) is 0 Å². The van der Waals surface area contributed by atoms with Crippen molar-refractivity contribution in [3.63, 3.8) is 0 Å². The van der Waals surface area contributed by atoms with Gasteiger partial charge in [0, 0.05) is 25.2 Å². The molecule has 1 atom stereocenters. The summed E-state index contributed by atoms with van der Waals surface area (Å²) >= 11 is 0. The molecule has 0 saturated carbocycles. The van der Waals surface area contributed by atoms with E-state index < -0.39 is 17.4 Å². The molecule has 0 bridgehead atoms. The van der Waals surface area contributed by atoms with Crippen molar-refractivity contribution in [2.75, 3.05) is 13.1 Å². The number of likely N-dealkylation sites (tertiary alicyclic amines) is 1. The van der Waals surface area contributed by atoms with Crippen LogP contribution in [-0.4, -0.2) is 56.6 Å². The van der Waals surface area contributed by atoms with Crippen molar-refractivity contribution in [3.8, 4) is 0 Å². The molecule has 1 aromatic heterocycles. The molecule has 22 heavy (non-hydrogen) atoms. The van der Waals surface area contributed by atoms with Crippen molar-refractivity contribution < 1.29 is 19.5 Å². The van der Waals surface area contributed by atoms with Gasteiger partial charge in [-0.3, -0.25) is 19.5 Å². The molecule has 8 nitrogen and oxygen atoms in total. The predicted octanol–water partition coefficient (Wildman–Crippen LogP) is -0.0864. The summed E-state index contributed by atoms with van der Waals surface area (Å²) in [6, 6.07) is 1.68. The van der Waals surface area contributed by atoms with Gasteiger partial charge in [-0.15, -0.1) is 0 Å². The molecule has 2 saturated heterocycles. The van der Waals surface area contributed by atoms with Crippen LogP contribution in [0.15, 0.2) is 6.07 Å². The predicted molar refractivity (Wildman–Crippen MR) is 75.1 cm³/mol. The van der Waals surface area contributed by atoms with E-state index in [-0.39, 0.29) is 18.2 Å². The minimum Gasteiger partial charge on any atom is -0.481 e. The summed E-state index contributed by atoms with van der Waals surface area (Å²) in [7, 11) is 0. The van der Waals surface area contributed by atoms with Crippen molar-refractivity contribution in [2.24, 2.45) is 5.92 Å². The molecule has 2 aliphatic heterocycles. The Bertz CT molecular complexity index is 631. The number of hydrogen-bond donors (Lipinski definition) is 3. The molecule has 2 fully saturated rings. The maximum atomic E-state index is 12.3. The standard InChI is InChI=1S/C14H18N4O4/c1-8-6-10(17-16-8)12(20)18-4-2-14(3-5-18)9(13(21)22)7-11(19)15-14/h6,9H,2-5,7H2,1H3,(H,15,19)(H,16,17)(H,21,22). The van der Waals surface area contributed by atoms with Crippen molar-refractivity contribution in [2.45, 2.75) is 31.7 Å². The number of carboxylic acid groups (broad SMARTS) is 1. The van der Waals surface area contributed by atoms with E-state index in [1.165, 1.54) is 0 Å². The van der Waals surface area contributed by atoms with E-state index in [1.54, 1.807) is 11.0 Å². The summed E-state index contributed by atoms with van der Waals surface area (Å²) in [4.78, 5) is 37.0. The SMILES string of the molecule is Cc1cc(C(=O)N2CCC3(CC2)NC(=O)CC3C(=O)O)n[nH]1. The number of aromatic nitrogens is 2. The molecule has 3 N–H and O–H groups in total. The Morgan fingerprint density at radius 1 is 1.41 bits per heavy atom. The first kappa shape index (κ1) is 14.6. The lowest BCUT2D eigenvalue weighted by Crippen LogP contribution is -2.56. The maximum absolute atomic E-state index is 12.3. The van der Waals surface area contributed by atoms with Crippen LogP contribution in [0.1, 0.15) is 35.4 Å². The Morgan fingerprint density at radius 2 is 2.09 bits per heavy atom. The molecule has 2 amide bonds. The molecule has 118 valence electrons. The van der Waals surface area contributed by atoms with Crippen LogP contribution in [0.3, 0.4) is 0 Å². The average molecular weight is 306 g/mol. The van der Waals surface area contributed by atoms with Gasteiger partial charge in [0.2, 0.25) is 5.91 Å². The number of aliphatic carboxylic acids is 1. The molecule has 1 unspecified atom stereocenters. The van der Waals surface area contributed by atoms with Crippen LogP contribution in [-0.2, 0) is 9.59 Å². The van der Waals surface area contributed by atoms with Crippen LogP contribution in [0, 0.1) is 12.8 Å². The van der Waals surface area contributed by atoms with E-state index in [4.69, 9.17) is 0 Å². The van der Waals surface area contributed by atoms with Crippen LogP contribution in [0.2, 0.25) is 0 Å². The summed E-state index contributed by atoms with van der Waals surface area (Å²) in [5.74, 6) is -2.07. The van der Waals surface area contributed by atoms with E-state index in [1.807, 2.05) is 6.92 Å².